The molecule has 0 aromatic carbocycles. The lowest BCUT2D eigenvalue weighted by molar-refractivity contribution is -0.131. The highest BCUT2D eigenvalue weighted by atomic mass is 16.3. The second-order valence-electron chi connectivity index (χ2n) is 5.14. The molecule has 106 valence electrons. The number of aryl methyl sites for hydroxylation is 1. The second-order valence-corrected chi connectivity index (χ2v) is 5.14. The lowest BCUT2D eigenvalue weighted by Crippen LogP contribution is -2.39. The van der Waals surface area contributed by atoms with E-state index in [9.17, 15) is 4.79 Å². The van der Waals surface area contributed by atoms with Crippen molar-refractivity contribution in [1.82, 2.24) is 15.1 Å². The van der Waals surface area contributed by atoms with Gasteiger partial charge in [0.15, 0.2) is 0 Å². The highest BCUT2D eigenvalue weighted by Gasteiger charge is 2.16. The zero-order chi connectivity index (χ0) is 13.7. The predicted octanol–water partition coefficient (Wildman–Crippen LogP) is 0.842. The van der Waals surface area contributed by atoms with Gasteiger partial charge in [0.05, 0.1) is 13.1 Å². The van der Waals surface area contributed by atoms with Crippen LogP contribution in [0.2, 0.25) is 0 Å². The molecule has 0 unspecified atom stereocenters. The number of hydrogen-bond donors (Lipinski definition) is 1. The van der Waals surface area contributed by atoms with Crippen LogP contribution in [0.25, 0.3) is 0 Å². The lowest BCUT2D eigenvalue weighted by atomic mass is 10.3. The summed E-state index contributed by atoms with van der Waals surface area (Å²) in [5.41, 5.74) is 0. The van der Waals surface area contributed by atoms with Crippen molar-refractivity contribution >= 4 is 5.91 Å². The average Bonchev–Trinajstić information content (AvgIpc) is 2.64. The number of nitrogens with zero attached hydrogens (tertiary/aromatic N) is 2. The molecule has 0 atom stereocenters. The van der Waals surface area contributed by atoms with Gasteiger partial charge in [-0.3, -0.25) is 9.69 Å². The van der Waals surface area contributed by atoms with Crippen molar-refractivity contribution in [2.75, 3.05) is 39.8 Å². The quantitative estimate of drug-likeness (QED) is 0.876. The standard InChI is InChI=1S/C14H23N3O2/c1-12-4-5-13(19-12)10-16(2)14(18)11-17-8-3-6-15-7-9-17/h4-5,15H,3,6-11H2,1-2H3. The summed E-state index contributed by atoms with van der Waals surface area (Å²) in [6.45, 7) is 6.90. The highest BCUT2D eigenvalue weighted by molar-refractivity contribution is 5.77. The summed E-state index contributed by atoms with van der Waals surface area (Å²) in [5.74, 6) is 1.87. The Morgan fingerprint density at radius 1 is 1.42 bits per heavy atom. The molecule has 0 bridgehead atoms. The number of hydrogen-bond acceptors (Lipinski definition) is 4. The van der Waals surface area contributed by atoms with E-state index in [4.69, 9.17) is 4.42 Å². The van der Waals surface area contributed by atoms with Gasteiger partial charge in [-0.2, -0.15) is 0 Å². The van der Waals surface area contributed by atoms with Gasteiger partial charge in [-0.15, -0.1) is 0 Å². The fraction of sp³-hybridized carbons (Fsp3) is 0.643. The van der Waals surface area contributed by atoms with Crippen molar-refractivity contribution < 1.29 is 9.21 Å². The largest absolute Gasteiger partial charge is 0.464 e. The summed E-state index contributed by atoms with van der Waals surface area (Å²) < 4.78 is 5.50. The van der Waals surface area contributed by atoms with Gasteiger partial charge in [0, 0.05) is 20.1 Å². The molecule has 0 radical (unpaired) electrons. The average molecular weight is 265 g/mol. The molecule has 1 aliphatic heterocycles. The summed E-state index contributed by atoms with van der Waals surface area (Å²) in [6.07, 6.45) is 1.11. The van der Waals surface area contributed by atoms with Crippen molar-refractivity contribution in [3.05, 3.63) is 23.7 Å². The molecule has 0 saturated carbocycles. The van der Waals surface area contributed by atoms with Crippen molar-refractivity contribution in [1.29, 1.82) is 0 Å². The number of carbonyl (C=O) groups excluding carboxylic acids is 1. The van der Waals surface area contributed by atoms with Crippen LogP contribution in [-0.2, 0) is 11.3 Å². The van der Waals surface area contributed by atoms with Crippen molar-refractivity contribution in [2.24, 2.45) is 0 Å². The van der Waals surface area contributed by atoms with Gasteiger partial charge in [-0.05, 0) is 38.6 Å². The molecule has 1 fully saturated rings. The van der Waals surface area contributed by atoms with Crippen molar-refractivity contribution in [2.45, 2.75) is 19.9 Å². The first-order valence-electron chi connectivity index (χ1n) is 6.87. The lowest BCUT2D eigenvalue weighted by Gasteiger charge is -2.22. The normalized spacial score (nSPS) is 17.2. The molecule has 19 heavy (non-hydrogen) atoms. The monoisotopic (exact) mass is 265 g/mol. The Balaban J connectivity index is 1.81. The molecule has 1 N–H and O–H groups in total. The first-order valence-corrected chi connectivity index (χ1v) is 6.87. The molecule has 2 rings (SSSR count). The maximum atomic E-state index is 12.2. The Morgan fingerprint density at radius 2 is 2.26 bits per heavy atom. The SMILES string of the molecule is Cc1ccc(CN(C)C(=O)CN2CCCNCC2)o1. The summed E-state index contributed by atoms with van der Waals surface area (Å²) in [5, 5.41) is 3.34. The fourth-order valence-corrected chi connectivity index (χ4v) is 2.26. The molecular weight excluding hydrogens is 242 g/mol. The maximum Gasteiger partial charge on any atom is 0.236 e. The molecule has 2 heterocycles. The minimum atomic E-state index is 0.149. The highest BCUT2D eigenvalue weighted by Crippen LogP contribution is 2.09. The smallest absolute Gasteiger partial charge is 0.236 e. The van der Waals surface area contributed by atoms with E-state index in [0.717, 1.165) is 44.1 Å². The van der Waals surface area contributed by atoms with Crippen LogP contribution in [-0.4, -0.2) is 55.5 Å². The van der Waals surface area contributed by atoms with E-state index in [-0.39, 0.29) is 5.91 Å². The Morgan fingerprint density at radius 3 is 3.00 bits per heavy atom. The van der Waals surface area contributed by atoms with Crippen LogP contribution in [0.4, 0.5) is 0 Å². The molecule has 0 spiro atoms. The molecule has 0 aliphatic carbocycles. The molecule has 1 amide bonds. The molecule has 1 aromatic rings. The Labute approximate surface area is 114 Å². The van der Waals surface area contributed by atoms with Gasteiger partial charge < -0.3 is 14.6 Å². The number of likely N-dealkylation sites (N-methyl/N-ethyl adjacent to an activating group) is 1. The Bertz CT molecular complexity index is 409. The zero-order valence-electron chi connectivity index (χ0n) is 11.8. The predicted molar refractivity (Wildman–Crippen MR) is 73.8 cm³/mol. The summed E-state index contributed by atoms with van der Waals surface area (Å²) >= 11 is 0. The minimum Gasteiger partial charge on any atom is -0.464 e. The van der Waals surface area contributed by atoms with Crippen LogP contribution < -0.4 is 5.32 Å². The fourth-order valence-electron chi connectivity index (χ4n) is 2.26. The van der Waals surface area contributed by atoms with Crippen LogP contribution in [0.1, 0.15) is 17.9 Å². The van der Waals surface area contributed by atoms with E-state index in [1.165, 1.54) is 0 Å². The van der Waals surface area contributed by atoms with Crippen molar-refractivity contribution in [3.8, 4) is 0 Å². The van der Waals surface area contributed by atoms with Gasteiger partial charge in [0.2, 0.25) is 5.91 Å². The second kappa shape index (κ2) is 6.73. The molecule has 5 nitrogen and oxygen atoms in total. The van der Waals surface area contributed by atoms with E-state index < -0.39 is 0 Å². The topological polar surface area (TPSA) is 48.7 Å². The molecule has 1 aromatic heterocycles. The summed E-state index contributed by atoms with van der Waals surface area (Å²) in [6, 6.07) is 3.85. The first-order chi connectivity index (χ1) is 9.15. The third kappa shape index (κ3) is 4.36. The summed E-state index contributed by atoms with van der Waals surface area (Å²) in [7, 11) is 1.83. The van der Waals surface area contributed by atoms with Crippen LogP contribution >= 0.6 is 0 Å². The van der Waals surface area contributed by atoms with E-state index in [1.807, 2.05) is 26.1 Å². The zero-order valence-corrected chi connectivity index (χ0v) is 11.8. The number of amides is 1. The van der Waals surface area contributed by atoms with Crippen LogP contribution in [0.15, 0.2) is 16.5 Å². The van der Waals surface area contributed by atoms with E-state index in [2.05, 4.69) is 10.2 Å². The Kier molecular flexibility index (Phi) is 4.99. The molecule has 1 aliphatic rings. The van der Waals surface area contributed by atoms with E-state index in [0.29, 0.717) is 13.1 Å². The van der Waals surface area contributed by atoms with Crippen LogP contribution in [0, 0.1) is 6.92 Å². The molecular formula is C14H23N3O2. The van der Waals surface area contributed by atoms with Gasteiger partial charge in [-0.25, -0.2) is 0 Å². The number of furan rings is 1. The number of carbonyl (C=O) groups is 1. The number of nitrogens with one attached hydrogen (secondary N) is 1. The van der Waals surface area contributed by atoms with E-state index >= 15 is 0 Å². The van der Waals surface area contributed by atoms with Crippen LogP contribution in [0.3, 0.4) is 0 Å². The van der Waals surface area contributed by atoms with Crippen LogP contribution in [0.5, 0.6) is 0 Å². The van der Waals surface area contributed by atoms with Gasteiger partial charge in [0.25, 0.3) is 0 Å². The van der Waals surface area contributed by atoms with E-state index in [1.54, 1.807) is 4.90 Å². The maximum absolute atomic E-state index is 12.2. The van der Waals surface area contributed by atoms with Gasteiger partial charge in [0.1, 0.15) is 11.5 Å². The summed E-state index contributed by atoms with van der Waals surface area (Å²) in [4.78, 5) is 16.1. The third-order valence-corrected chi connectivity index (χ3v) is 3.41. The van der Waals surface area contributed by atoms with Gasteiger partial charge in [-0.1, -0.05) is 0 Å². The Hall–Kier alpha value is -1.33. The number of rotatable bonds is 4. The molecule has 5 heteroatoms. The van der Waals surface area contributed by atoms with Gasteiger partial charge >= 0.3 is 0 Å². The van der Waals surface area contributed by atoms with Crippen molar-refractivity contribution in [3.63, 3.8) is 0 Å². The minimum absolute atomic E-state index is 0.149. The third-order valence-electron chi connectivity index (χ3n) is 3.41. The molecule has 1 saturated heterocycles. The first kappa shape index (κ1) is 14.1.